The van der Waals surface area contributed by atoms with Crippen molar-refractivity contribution in [3.05, 3.63) is 82.7 Å². The average molecular weight is 755 g/mol. The number of hydrogen-bond donors (Lipinski definition) is 1. The molecule has 0 atom stereocenters. The molecule has 2 heterocycles. The summed E-state index contributed by atoms with van der Waals surface area (Å²) in [6.45, 7) is 8.05. The molecule has 0 radical (unpaired) electrons. The molecule has 52 heavy (non-hydrogen) atoms. The first-order valence-electron chi connectivity index (χ1n) is 15.7. The van der Waals surface area contributed by atoms with Crippen LogP contribution >= 0.6 is 0 Å². The summed E-state index contributed by atoms with van der Waals surface area (Å²) < 4.78 is 185. The van der Waals surface area contributed by atoms with E-state index >= 15 is 0 Å². The van der Waals surface area contributed by atoms with Gasteiger partial charge in [0.2, 0.25) is 11.3 Å². The van der Waals surface area contributed by atoms with E-state index in [1.807, 2.05) is 0 Å². The maximum absolute atomic E-state index is 15.0. The molecule has 282 valence electrons. The van der Waals surface area contributed by atoms with Gasteiger partial charge in [-0.15, -0.1) is 0 Å². The number of aliphatic hydroxyl groups is 1. The van der Waals surface area contributed by atoms with Crippen molar-refractivity contribution in [3.8, 4) is 11.5 Å². The van der Waals surface area contributed by atoms with E-state index in [1.54, 1.807) is 20.8 Å². The van der Waals surface area contributed by atoms with Crippen LogP contribution in [0.2, 0.25) is 0 Å². The predicted octanol–water partition coefficient (Wildman–Crippen LogP) is 11.6. The van der Waals surface area contributed by atoms with E-state index in [4.69, 9.17) is 8.83 Å². The zero-order chi connectivity index (χ0) is 39.0. The minimum absolute atomic E-state index is 0.0612. The van der Waals surface area contributed by atoms with Crippen molar-refractivity contribution >= 4 is 22.2 Å². The first kappa shape index (κ1) is 38.9. The summed E-state index contributed by atoms with van der Waals surface area (Å²) in [5.41, 5.74) is -17.5. The highest BCUT2D eigenvalue weighted by molar-refractivity contribution is 5.79. The highest BCUT2D eigenvalue weighted by Gasteiger charge is 2.73. The van der Waals surface area contributed by atoms with E-state index in [0.29, 0.717) is 42.8 Å². The molecule has 5 nitrogen and oxygen atoms in total. The molecule has 0 saturated heterocycles. The first-order valence-corrected chi connectivity index (χ1v) is 15.7. The average Bonchev–Trinajstić information content (AvgIpc) is 3.62. The van der Waals surface area contributed by atoms with Gasteiger partial charge in [0.15, 0.2) is 17.1 Å². The van der Waals surface area contributed by atoms with Gasteiger partial charge in [-0.2, -0.15) is 52.7 Å². The van der Waals surface area contributed by atoms with Crippen molar-refractivity contribution < 1.29 is 66.6 Å². The molecule has 0 spiro atoms. The molecule has 0 amide bonds. The zero-order valence-corrected chi connectivity index (χ0v) is 27.9. The molecule has 0 aliphatic rings. The Labute approximate surface area is 287 Å². The summed E-state index contributed by atoms with van der Waals surface area (Å²) >= 11 is 0. The second-order valence-electron chi connectivity index (χ2n) is 13.5. The Morgan fingerprint density at radius 2 is 1.10 bits per heavy atom. The van der Waals surface area contributed by atoms with Crippen molar-refractivity contribution in [2.75, 3.05) is 0 Å². The number of fused-ring (bicyclic) bond motifs is 2. The number of oxazole rings is 2. The summed E-state index contributed by atoms with van der Waals surface area (Å²) in [4.78, 5) is 7.97. The van der Waals surface area contributed by atoms with Crippen LogP contribution < -0.4 is 0 Å². The summed E-state index contributed by atoms with van der Waals surface area (Å²) in [7, 11) is 0. The highest BCUT2D eigenvalue weighted by Crippen LogP contribution is 2.57. The molecule has 17 heteroatoms. The van der Waals surface area contributed by atoms with Crippen LogP contribution in [0.3, 0.4) is 0 Å². The Morgan fingerprint density at radius 3 is 1.56 bits per heavy atom. The molecular weight excluding hydrogens is 724 g/mol. The molecule has 5 rings (SSSR count). The van der Waals surface area contributed by atoms with E-state index in [2.05, 4.69) is 9.97 Å². The van der Waals surface area contributed by atoms with E-state index < -0.39 is 80.4 Å². The van der Waals surface area contributed by atoms with Crippen LogP contribution in [0.5, 0.6) is 0 Å². The minimum Gasteiger partial charge on any atom is -0.440 e. The third-order valence-corrected chi connectivity index (χ3v) is 9.08. The Bertz CT molecular complexity index is 2070. The lowest BCUT2D eigenvalue weighted by Gasteiger charge is -2.38. The van der Waals surface area contributed by atoms with Crippen LogP contribution in [-0.4, -0.2) is 39.8 Å². The largest absolute Gasteiger partial charge is 0.440 e. The monoisotopic (exact) mass is 754 g/mol. The molecule has 0 saturated carbocycles. The number of halogens is 12. The molecule has 0 aliphatic heterocycles. The Morgan fingerprint density at radius 1 is 0.615 bits per heavy atom. The Balaban J connectivity index is 1.76. The SMILES string of the molecule is CCCC(C)(C)c1cc(-c2nc3cc(C(c4ccc5oc(C(C)C)nc5c4)(C(F)(F)F)C(F)(F)F)ccc3o2)cc(C(O)(C(F)(F)F)C(F)(F)F)c1. The summed E-state index contributed by atoms with van der Waals surface area (Å²) in [6, 6.07) is 5.77. The molecular formula is C35H30F12N2O3. The fraction of sp³-hybridized carbons (Fsp3) is 0.429. The number of aromatic nitrogens is 2. The van der Waals surface area contributed by atoms with Gasteiger partial charge in [0.05, 0.1) is 0 Å². The Kier molecular flexibility index (Phi) is 9.29. The van der Waals surface area contributed by atoms with Gasteiger partial charge in [-0.25, -0.2) is 9.97 Å². The predicted molar refractivity (Wildman–Crippen MR) is 164 cm³/mol. The third-order valence-electron chi connectivity index (χ3n) is 9.08. The van der Waals surface area contributed by atoms with E-state index in [9.17, 15) is 57.8 Å². The molecule has 0 aliphatic carbocycles. The number of nitrogens with zero attached hydrogens (tertiary/aromatic N) is 2. The van der Waals surface area contributed by atoms with Gasteiger partial charge in [0.25, 0.3) is 5.60 Å². The molecule has 3 aromatic carbocycles. The lowest BCUT2D eigenvalue weighted by atomic mass is 9.72. The van der Waals surface area contributed by atoms with Gasteiger partial charge in [0, 0.05) is 17.0 Å². The van der Waals surface area contributed by atoms with Gasteiger partial charge in [0.1, 0.15) is 11.0 Å². The fourth-order valence-corrected chi connectivity index (χ4v) is 6.30. The quantitative estimate of drug-likeness (QED) is 0.160. The van der Waals surface area contributed by atoms with Gasteiger partial charge >= 0.3 is 24.7 Å². The molecule has 1 N–H and O–H groups in total. The number of alkyl halides is 12. The first-order chi connectivity index (χ1) is 23.7. The fourth-order valence-electron chi connectivity index (χ4n) is 6.30. The number of benzene rings is 3. The van der Waals surface area contributed by atoms with Gasteiger partial charge in [-0.05, 0) is 64.9 Å². The van der Waals surface area contributed by atoms with E-state index in [-0.39, 0.29) is 34.9 Å². The van der Waals surface area contributed by atoms with Gasteiger partial charge in [-0.1, -0.05) is 59.2 Å². The summed E-state index contributed by atoms with van der Waals surface area (Å²) in [5, 5.41) is 10.2. The van der Waals surface area contributed by atoms with Crippen LogP contribution in [0.4, 0.5) is 52.7 Å². The van der Waals surface area contributed by atoms with Crippen molar-refractivity contribution in [2.45, 2.75) is 94.5 Å². The van der Waals surface area contributed by atoms with Crippen molar-refractivity contribution in [1.82, 2.24) is 9.97 Å². The van der Waals surface area contributed by atoms with Crippen molar-refractivity contribution in [3.63, 3.8) is 0 Å². The van der Waals surface area contributed by atoms with Crippen LogP contribution in [0, 0.1) is 0 Å². The number of rotatable bonds is 8. The van der Waals surface area contributed by atoms with Gasteiger partial charge in [-0.3, -0.25) is 0 Å². The number of hydrogen-bond acceptors (Lipinski definition) is 5. The van der Waals surface area contributed by atoms with Crippen LogP contribution in [0.15, 0.2) is 63.4 Å². The lowest BCUT2D eigenvalue weighted by molar-refractivity contribution is -0.376. The standard InChI is InChI=1S/C35H30F12N2O3/c1-6-11-29(4,5)21-12-18(13-22(14-21)31(50,34(42,43)44)35(45,46)47)28-49-24-16-20(8-10-26(24)52-28)30(32(36,37)38,33(39,40)41)19-7-9-25-23(15-19)48-27(51-25)17(2)3/h7-10,12-17,50H,6,11H2,1-5H3. The molecule has 0 fully saturated rings. The smallest absolute Gasteiger partial charge is 0.430 e. The van der Waals surface area contributed by atoms with Crippen LogP contribution in [0.25, 0.3) is 33.7 Å². The summed E-state index contributed by atoms with van der Waals surface area (Å²) in [6.07, 6.45) is -23.9. The minimum atomic E-state index is -6.27. The maximum Gasteiger partial charge on any atom is 0.430 e. The molecule has 0 unspecified atom stereocenters. The van der Waals surface area contributed by atoms with Crippen molar-refractivity contribution in [2.24, 2.45) is 0 Å². The van der Waals surface area contributed by atoms with Crippen LogP contribution in [-0.2, 0) is 16.4 Å². The van der Waals surface area contributed by atoms with E-state index in [0.717, 1.165) is 18.2 Å². The second kappa shape index (κ2) is 12.4. The maximum atomic E-state index is 15.0. The van der Waals surface area contributed by atoms with Crippen molar-refractivity contribution in [1.29, 1.82) is 0 Å². The Hall–Kier alpha value is -4.28. The molecule has 0 bridgehead atoms. The molecule has 2 aromatic heterocycles. The van der Waals surface area contributed by atoms with Gasteiger partial charge < -0.3 is 13.9 Å². The van der Waals surface area contributed by atoms with E-state index in [1.165, 1.54) is 13.8 Å². The second-order valence-corrected chi connectivity index (χ2v) is 13.5. The third kappa shape index (κ3) is 6.17. The lowest BCUT2D eigenvalue weighted by Crippen LogP contribution is -2.54. The zero-order valence-electron chi connectivity index (χ0n) is 27.9. The highest BCUT2D eigenvalue weighted by atomic mass is 19.4. The topological polar surface area (TPSA) is 72.3 Å². The normalized spacial score (nSPS) is 14.3. The molecule has 5 aromatic rings. The van der Waals surface area contributed by atoms with Crippen LogP contribution in [0.1, 0.15) is 81.5 Å². The summed E-state index contributed by atoms with van der Waals surface area (Å²) in [5.74, 6) is -1.01.